The lowest BCUT2D eigenvalue weighted by Crippen LogP contribution is -2.12. The van der Waals surface area contributed by atoms with Gasteiger partial charge in [-0.3, -0.25) is 4.79 Å². The number of hydrogen-bond acceptors (Lipinski definition) is 4. The van der Waals surface area contributed by atoms with Gasteiger partial charge in [-0.2, -0.15) is 0 Å². The van der Waals surface area contributed by atoms with Crippen LogP contribution in [0.1, 0.15) is 35.9 Å². The smallest absolute Gasteiger partial charge is 0.226 e. The van der Waals surface area contributed by atoms with Crippen molar-refractivity contribution < 1.29 is 4.79 Å². The number of nitrogens with one attached hydrogen (secondary N) is 1. The number of carbonyl (C=O) groups is 1. The maximum absolute atomic E-state index is 11.9. The highest BCUT2D eigenvalue weighted by Gasteiger charge is 2.08. The Kier molecular flexibility index (Phi) is 5.24. The van der Waals surface area contributed by atoms with Gasteiger partial charge in [0, 0.05) is 12.8 Å². The fraction of sp³-hybridized carbons (Fsp3) is 0.400. The number of hydrogen-bond donors (Lipinski definition) is 1. The van der Waals surface area contributed by atoms with Crippen molar-refractivity contribution >= 4 is 22.4 Å². The van der Waals surface area contributed by atoms with Gasteiger partial charge in [0.05, 0.1) is 0 Å². The van der Waals surface area contributed by atoms with Crippen LogP contribution < -0.4 is 5.32 Å². The maximum Gasteiger partial charge on any atom is 0.226 e. The number of benzene rings is 1. The number of carbonyl (C=O) groups excluding carboxylic acids is 1. The van der Waals surface area contributed by atoms with Crippen LogP contribution in [0.2, 0.25) is 0 Å². The van der Waals surface area contributed by atoms with E-state index in [9.17, 15) is 4.79 Å². The van der Waals surface area contributed by atoms with Crippen molar-refractivity contribution in [1.82, 2.24) is 10.2 Å². The number of aromatic nitrogens is 2. The molecule has 2 rings (SSSR count). The molecule has 1 aromatic carbocycles. The van der Waals surface area contributed by atoms with Crippen molar-refractivity contribution in [3.63, 3.8) is 0 Å². The topological polar surface area (TPSA) is 54.9 Å². The average Bonchev–Trinajstić information content (AvgIpc) is 2.84. The Hall–Kier alpha value is -1.75. The van der Waals surface area contributed by atoms with Crippen molar-refractivity contribution in [3.8, 4) is 0 Å². The molecule has 0 saturated carbocycles. The summed E-state index contributed by atoms with van der Waals surface area (Å²) in [6, 6.07) is 8.23. The van der Waals surface area contributed by atoms with Gasteiger partial charge in [-0.25, -0.2) is 0 Å². The van der Waals surface area contributed by atoms with Gasteiger partial charge in [0.1, 0.15) is 5.01 Å². The minimum absolute atomic E-state index is 0.00861. The van der Waals surface area contributed by atoms with Crippen molar-refractivity contribution in [2.24, 2.45) is 0 Å². The van der Waals surface area contributed by atoms with E-state index in [1.807, 2.05) is 12.1 Å². The molecule has 0 aliphatic heterocycles. The minimum Gasteiger partial charge on any atom is -0.301 e. The van der Waals surface area contributed by atoms with Gasteiger partial charge in [-0.05, 0) is 25.3 Å². The van der Waals surface area contributed by atoms with Gasteiger partial charge in [-0.15, -0.1) is 10.2 Å². The molecule has 0 saturated heterocycles. The largest absolute Gasteiger partial charge is 0.301 e. The molecule has 4 nitrogen and oxygen atoms in total. The van der Waals surface area contributed by atoms with E-state index in [-0.39, 0.29) is 5.91 Å². The molecule has 0 aliphatic carbocycles. The fourth-order valence-corrected chi connectivity index (χ4v) is 2.78. The zero-order valence-electron chi connectivity index (χ0n) is 11.8. The Morgan fingerprint density at radius 1 is 1.30 bits per heavy atom. The summed E-state index contributed by atoms with van der Waals surface area (Å²) in [7, 11) is 0. The molecule has 0 aliphatic rings. The first-order valence-electron chi connectivity index (χ1n) is 6.85. The van der Waals surface area contributed by atoms with E-state index in [1.54, 1.807) is 0 Å². The molecule has 0 unspecified atom stereocenters. The van der Waals surface area contributed by atoms with E-state index in [0.29, 0.717) is 11.6 Å². The second kappa shape index (κ2) is 7.14. The van der Waals surface area contributed by atoms with Gasteiger partial charge in [0.15, 0.2) is 0 Å². The van der Waals surface area contributed by atoms with Gasteiger partial charge >= 0.3 is 0 Å². The summed E-state index contributed by atoms with van der Waals surface area (Å²) in [6.07, 6.45) is 3.16. The molecule has 0 fully saturated rings. The molecule has 2 aromatic rings. The predicted octanol–water partition coefficient (Wildman–Crippen LogP) is 3.37. The van der Waals surface area contributed by atoms with Gasteiger partial charge in [-0.1, -0.05) is 48.1 Å². The van der Waals surface area contributed by atoms with Crippen LogP contribution in [0.3, 0.4) is 0 Å². The first kappa shape index (κ1) is 14.7. The summed E-state index contributed by atoms with van der Waals surface area (Å²) in [6.45, 7) is 4.15. The average molecular weight is 289 g/mol. The highest BCUT2D eigenvalue weighted by atomic mass is 32.1. The Labute approximate surface area is 123 Å². The van der Waals surface area contributed by atoms with Crippen LogP contribution in [0.25, 0.3) is 0 Å². The number of aryl methyl sites for hydroxylation is 3. The van der Waals surface area contributed by atoms with Crippen LogP contribution in [-0.4, -0.2) is 16.1 Å². The first-order chi connectivity index (χ1) is 9.67. The zero-order chi connectivity index (χ0) is 14.4. The molecule has 1 heterocycles. The third-order valence-corrected chi connectivity index (χ3v) is 3.80. The Balaban J connectivity index is 1.82. The predicted molar refractivity (Wildman–Crippen MR) is 82.0 cm³/mol. The summed E-state index contributed by atoms with van der Waals surface area (Å²) < 4.78 is 0. The van der Waals surface area contributed by atoms with Crippen LogP contribution in [0, 0.1) is 6.92 Å². The third kappa shape index (κ3) is 4.42. The summed E-state index contributed by atoms with van der Waals surface area (Å²) in [4.78, 5) is 11.9. The van der Waals surface area contributed by atoms with Gasteiger partial charge in [0.2, 0.25) is 11.0 Å². The van der Waals surface area contributed by atoms with E-state index in [4.69, 9.17) is 0 Å². The van der Waals surface area contributed by atoms with Gasteiger partial charge < -0.3 is 5.32 Å². The third-order valence-electron chi connectivity index (χ3n) is 2.90. The van der Waals surface area contributed by atoms with Crippen LogP contribution >= 0.6 is 11.3 Å². The lowest BCUT2D eigenvalue weighted by molar-refractivity contribution is -0.116. The Morgan fingerprint density at radius 3 is 2.90 bits per heavy atom. The number of rotatable bonds is 6. The van der Waals surface area contributed by atoms with E-state index in [2.05, 4.69) is 41.5 Å². The number of amides is 1. The maximum atomic E-state index is 11.9. The van der Waals surface area contributed by atoms with Crippen LogP contribution in [0.4, 0.5) is 5.13 Å². The molecule has 106 valence electrons. The lowest BCUT2D eigenvalue weighted by atomic mass is 10.1. The normalized spacial score (nSPS) is 10.5. The zero-order valence-corrected chi connectivity index (χ0v) is 12.7. The first-order valence-corrected chi connectivity index (χ1v) is 7.67. The molecule has 0 atom stereocenters. The summed E-state index contributed by atoms with van der Waals surface area (Å²) in [5.41, 5.74) is 2.40. The molecule has 1 amide bonds. The van der Waals surface area contributed by atoms with Crippen molar-refractivity contribution in [1.29, 1.82) is 0 Å². The lowest BCUT2D eigenvalue weighted by Gasteiger charge is -2.02. The molecule has 0 spiro atoms. The molecule has 0 radical (unpaired) electrons. The fourth-order valence-electron chi connectivity index (χ4n) is 1.93. The minimum atomic E-state index is -0.00861. The standard InChI is InChI=1S/C15H19N3OS/c1-3-5-14-17-18-15(20-14)16-13(19)9-8-12-7-4-6-11(2)10-12/h4,6-7,10H,3,5,8-9H2,1-2H3,(H,16,18,19). The summed E-state index contributed by atoms with van der Waals surface area (Å²) in [5, 5.41) is 12.4. The van der Waals surface area contributed by atoms with Crippen molar-refractivity contribution in [2.45, 2.75) is 39.5 Å². The Bertz CT molecular complexity index is 580. The molecule has 1 N–H and O–H groups in total. The summed E-state index contributed by atoms with van der Waals surface area (Å²) in [5.74, 6) is -0.00861. The molecular formula is C15H19N3OS. The Morgan fingerprint density at radius 2 is 2.15 bits per heavy atom. The van der Waals surface area contributed by atoms with Gasteiger partial charge in [0.25, 0.3) is 0 Å². The van der Waals surface area contributed by atoms with Crippen molar-refractivity contribution in [3.05, 3.63) is 40.4 Å². The van der Waals surface area contributed by atoms with E-state index in [1.165, 1.54) is 22.5 Å². The molecular weight excluding hydrogens is 270 g/mol. The van der Waals surface area contributed by atoms with Crippen LogP contribution in [-0.2, 0) is 17.6 Å². The highest BCUT2D eigenvalue weighted by Crippen LogP contribution is 2.17. The molecule has 0 bridgehead atoms. The van der Waals surface area contributed by atoms with E-state index >= 15 is 0 Å². The molecule has 5 heteroatoms. The van der Waals surface area contributed by atoms with Crippen molar-refractivity contribution in [2.75, 3.05) is 5.32 Å². The summed E-state index contributed by atoms with van der Waals surface area (Å²) >= 11 is 1.46. The number of nitrogens with zero attached hydrogens (tertiary/aromatic N) is 2. The quantitative estimate of drug-likeness (QED) is 0.887. The van der Waals surface area contributed by atoms with E-state index in [0.717, 1.165) is 24.3 Å². The molecule has 20 heavy (non-hydrogen) atoms. The molecule has 1 aromatic heterocycles. The number of anilines is 1. The SMILES string of the molecule is CCCc1nnc(NC(=O)CCc2cccc(C)c2)s1. The highest BCUT2D eigenvalue weighted by molar-refractivity contribution is 7.15. The second-order valence-electron chi connectivity index (χ2n) is 4.79. The van der Waals surface area contributed by atoms with Crippen LogP contribution in [0.15, 0.2) is 24.3 Å². The second-order valence-corrected chi connectivity index (χ2v) is 5.85. The monoisotopic (exact) mass is 289 g/mol. The van der Waals surface area contributed by atoms with Crippen LogP contribution in [0.5, 0.6) is 0 Å². The van der Waals surface area contributed by atoms with E-state index < -0.39 is 0 Å².